The molecule has 0 radical (unpaired) electrons. The van der Waals surface area contributed by atoms with Gasteiger partial charge in [0.05, 0.1) is 60.3 Å². The summed E-state index contributed by atoms with van der Waals surface area (Å²) in [6.45, 7) is 5.19. The fourth-order valence-electron chi connectivity index (χ4n) is 7.95. The number of imidazole rings is 2. The van der Waals surface area contributed by atoms with E-state index in [-0.39, 0.29) is 70.2 Å². The topological polar surface area (TPSA) is 252 Å². The number of H-pyrrole nitrogens is 2. The molecule has 4 heterocycles. The number of nitrogens with one attached hydrogen (secondary N) is 2. The molecule has 20 heteroatoms. The SMILES string of the molecule is CCOc1nc2cccc(C(=O)[O-])c2n1Cc1ccc(-c2ccccc2-c2noc(=O)[nH]2)cc1.CCOc1nc2cccc(C(=O)[O-])c2n1Cc1ccc(-c2ccccc2-c2noc(=O)[nH]2)cc1.[Na+].[Na+]. The van der Waals surface area contributed by atoms with Gasteiger partial charge in [-0.2, -0.15) is 9.97 Å². The molecule has 0 amide bonds. The molecule has 0 unspecified atom stereocenters. The first kappa shape index (κ1) is 50.6. The predicted molar refractivity (Wildman–Crippen MR) is 245 cm³/mol. The average Bonchev–Trinajstić information content (AvgIpc) is 4.15. The maximum atomic E-state index is 11.7. The smallest absolute Gasteiger partial charge is 0.545 e. The van der Waals surface area contributed by atoms with Crippen molar-refractivity contribution in [2.75, 3.05) is 13.2 Å². The van der Waals surface area contributed by atoms with Crippen molar-refractivity contribution in [1.82, 2.24) is 39.4 Å². The quantitative estimate of drug-likeness (QED) is 0.133. The van der Waals surface area contributed by atoms with Crippen LogP contribution in [0.25, 0.3) is 67.1 Å². The van der Waals surface area contributed by atoms with Gasteiger partial charge >= 0.3 is 70.6 Å². The van der Waals surface area contributed by atoms with Gasteiger partial charge < -0.3 is 29.3 Å². The molecule has 10 rings (SSSR count). The molecule has 70 heavy (non-hydrogen) atoms. The van der Waals surface area contributed by atoms with E-state index in [0.29, 0.717) is 72.0 Å². The molecule has 6 aromatic carbocycles. The standard InChI is InChI=1S/2C25H20N4O5.2Na/c2*1-2-33-24-26-20-9-5-8-19(23(30)31)21(20)29(24)14-15-10-12-16(13-11-15)17-6-3-4-7-18(17)22-27-25(32)34-28-22;;/h2*3-13H,2,14H2,1H3,(H,30,31)(H,27,28,32);;/q;;2*+1/p-2. The molecule has 0 saturated heterocycles. The fraction of sp³-hybridized carbons (Fsp3) is 0.120. The van der Waals surface area contributed by atoms with Gasteiger partial charge in [0.2, 0.25) is 0 Å². The summed E-state index contributed by atoms with van der Waals surface area (Å²) in [5.41, 5.74) is 8.97. The Bertz CT molecular complexity index is 3340. The molecular weight excluding hydrogens is 919 g/mol. The Hall–Kier alpha value is -7.32. The molecule has 340 valence electrons. The number of rotatable bonds is 14. The van der Waals surface area contributed by atoms with Crippen LogP contribution in [0.4, 0.5) is 0 Å². The van der Waals surface area contributed by atoms with Gasteiger partial charge in [-0.05, 0) is 59.4 Å². The van der Waals surface area contributed by atoms with Crippen LogP contribution in [0, 0.1) is 0 Å². The zero-order valence-electron chi connectivity index (χ0n) is 38.3. The molecule has 10 aromatic rings. The van der Waals surface area contributed by atoms with Crippen LogP contribution >= 0.6 is 0 Å². The van der Waals surface area contributed by atoms with Crippen molar-refractivity contribution in [2.45, 2.75) is 26.9 Å². The Balaban J connectivity index is 0.000000201. The maximum absolute atomic E-state index is 11.7. The normalized spacial score (nSPS) is 10.8. The molecule has 0 atom stereocenters. The van der Waals surface area contributed by atoms with Crippen LogP contribution in [0.3, 0.4) is 0 Å². The molecule has 0 spiro atoms. The average molecular weight is 957 g/mol. The second-order valence-corrected chi connectivity index (χ2v) is 15.1. The number of carboxylic acid groups (broad SMARTS) is 2. The number of aromatic nitrogens is 8. The van der Waals surface area contributed by atoms with E-state index < -0.39 is 23.5 Å². The van der Waals surface area contributed by atoms with E-state index in [1.165, 1.54) is 12.1 Å². The van der Waals surface area contributed by atoms with Crippen molar-refractivity contribution in [3.63, 3.8) is 0 Å². The molecule has 2 N–H and O–H groups in total. The van der Waals surface area contributed by atoms with Crippen molar-refractivity contribution >= 4 is 34.0 Å². The van der Waals surface area contributed by atoms with Crippen molar-refractivity contribution in [1.29, 1.82) is 0 Å². The monoisotopic (exact) mass is 956 g/mol. The van der Waals surface area contributed by atoms with Crippen LogP contribution in [0.1, 0.15) is 45.7 Å². The van der Waals surface area contributed by atoms with Crippen LogP contribution in [-0.2, 0) is 13.1 Å². The van der Waals surface area contributed by atoms with E-state index in [1.54, 1.807) is 33.4 Å². The van der Waals surface area contributed by atoms with E-state index in [0.717, 1.165) is 44.5 Å². The first-order chi connectivity index (χ1) is 33.1. The Labute approximate surface area is 441 Å². The number of aromatic carboxylic acids is 2. The summed E-state index contributed by atoms with van der Waals surface area (Å²) in [7, 11) is 0. The summed E-state index contributed by atoms with van der Waals surface area (Å²) in [6, 6.07) is 41.1. The number of hydrogen-bond acceptors (Lipinski definition) is 14. The van der Waals surface area contributed by atoms with E-state index in [9.17, 15) is 29.4 Å². The Kier molecular flexibility index (Phi) is 16.2. The van der Waals surface area contributed by atoms with Gasteiger partial charge in [0.25, 0.3) is 12.0 Å². The van der Waals surface area contributed by atoms with Crippen LogP contribution in [0.2, 0.25) is 0 Å². The molecule has 0 aliphatic carbocycles. The molecule has 0 aliphatic heterocycles. The number of fused-ring (bicyclic) bond motifs is 2. The third-order valence-electron chi connectivity index (χ3n) is 10.9. The largest absolute Gasteiger partial charge is 1.00 e. The van der Waals surface area contributed by atoms with E-state index >= 15 is 0 Å². The third-order valence-corrected chi connectivity index (χ3v) is 10.9. The summed E-state index contributed by atoms with van der Waals surface area (Å²) in [5.74, 6) is -3.07. The molecule has 0 aliphatic rings. The number of nitrogens with zero attached hydrogens (tertiary/aromatic N) is 6. The second-order valence-electron chi connectivity index (χ2n) is 15.1. The summed E-state index contributed by atoms with van der Waals surface area (Å²) in [6.07, 6.45) is 0. The summed E-state index contributed by atoms with van der Waals surface area (Å²) in [5, 5.41) is 31.0. The number of aromatic amines is 2. The van der Waals surface area contributed by atoms with Gasteiger partial charge in [0.1, 0.15) is 0 Å². The summed E-state index contributed by atoms with van der Waals surface area (Å²) in [4.78, 5) is 60.3. The van der Waals surface area contributed by atoms with Gasteiger partial charge in [-0.3, -0.25) is 28.1 Å². The molecule has 0 fully saturated rings. The van der Waals surface area contributed by atoms with Gasteiger partial charge in [-0.1, -0.05) is 132 Å². The van der Waals surface area contributed by atoms with E-state index in [4.69, 9.17) is 9.47 Å². The first-order valence-corrected chi connectivity index (χ1v) is 21.3. The number of carboxylic acids is 2. The Morgan fingerprint density at radius 3 is 1.23 bits per heavy atom. The van der Waals surface area contributed by atoms with Crippen molar-refractivity contribution in [3.05, 3.63) is 177 Å². The van der Waals surface area contributed by atoms with Crippen LogP contribution in [0.15, 0.2) is 152 Å². The minimum atomic E-state index is -1.27. The number of ether oxygens (including phenoxy) is 2. The van der Waals surface area contributed by atoms with Gasteiger partial charge in [-0.15, -0.1) is 0 Å². The maximum Gasteiger partial charge on any atom is 1.00 e. The number of carbonyl (C=O) groups is 2. The number of carbonyl (C=O) groups excluding carboxylic acids is 2. The zero-order valence-corrected chi connectivity index (χ0v) is 42.3. The number of benzene rings is 6. The van der Waals surface area contributed by atoms with Crippen LogP contribution in [0.5, 0.6) is 12.0 Å². The third kappa shape index (κ3) is 10.6. The number of para-hydroxylation sites is 2. The number of hydrogen-bond donors (Lipinski definition) is 2. The van der Waals surface area contributed by atoms with Gasteiger partial charge in [-0.25, -0.2) is 9.59 Å². The Morgan fingerprint density at radius 2 is 0.900 bits per heavy atom. The molecule has 0 saturated carbocycles. The van der Waals surface area contributed by atoms with Crippen molar-refractivity contribution < 1.29 is 97.4 Å². The van der Waals surface area contributed by atoms with Crippen LogP contribution in [-0.4, -0.2) is 64.5 Å². The first-order valence-electron chi connectivity index (χ1n) is 21.3. The van der Waals surface area contributed by atoms with E-state index in [1.807, 2.05) is 111 Å². The molecule has 4 aromatic heterocycles. The second kappa shape index (κ2) is 22.4. The predicted octanol–water partition coefficient (Wildman–Crippen LogP) is -0.278. The van der Waals surface area contributed by atoms with E-state index in [2.05, 4.69) is 39.3 Å². The summed E-state index contributed by atoms with van der Waals surface area (Å²) >= 11 is 0. The molecule has 18 nitrogen and oxygen atoms in total. The van der Waals surface area contributed by atoms with Crippen LogP contribution < -0.4 is 90.3 Å². The summed E-state index contributed by atoms with van der Waals surface area (Å²) < 4.78 is 24.2. The molecule has 0 bridgehead atoms. The van der Waals surface area contributed by atoms with Crippen molar-refractivity contribution in [2.24, 2.45) is 0 Å². The minimum Gasteiger partial charge on any atom is -0.545 e. The zero-order chi connectivity index (χ0) is 47.3. The van der Waals surface area contributed by atoms with Gasteiger partial charge in [0, 0.05) is 22.3 Å². The molecular formula is C50H38N8Na2O10. The Morgan fingerprint density at radius 1 is 0.529 bits per heavy atom. The fourth-order valence-corrected chi connectivity index (χ4v) is 7.95. The van der Waals surface area contributed by atoms with Gasteiger partial charge in [0.15, 0.2) is 11.6 Å². The van der Waals surface area contributed by atoms with Crippen molar-refractivity contribution in [3.8, 4) is 57.1 Å². The minimum absolute atomic E-state index is 0.